The van der Waals surface area contributed by atoms with E-state index in [1.54, 1.807) is 6.07 Å². The van der Waals surface area contributed by atoms with E-state index in [0.29, 0.717) is 24.0 Å². The zero-order valence-electron chi connectivity index (χ0n) is 12.3. The minimum atomic E-state index is -0.898. The molecule has 108 valence electrons. The maximum absolute atomic E-state index is 10.4. The van der Waals surface area contributed by atoms with Gasteiger partial charge in [-0.15, -0.1) is 0 Å². The summed E-state index contributed by atoms with van der Waals surface area (Å²) >= 11 is 0. The van der Waals surface area contributed by atoms with Crippen molar-refractivity contribution >= 4 is 12.7 Å². The van der Waals surface area contributed by atoms with Crippen molar-refractivity contribution in [2.24, 2.45) is 0 Å². The number of pyridine rings is 1. The number of aromatic nitrogens is 1. The quantitative estimate of drug-likeness (QED) is 0.791. The average Bonchev–Trinajstić information content (AvgIpc) is 3.02. The number of hydrogen-bond acceptors (Lipinski definition) is 5. The van der Waals surface area contributed by atoms with Gasteiger partial charge in [-0.1, -0.05) is 0 Å². The predicted octanol–water partition coefficient (Wildman–Crippen LogP) is 1.07. The van der Waals surface area contributed by atoms with Crippen molar-refractivity contribution in [2.45, 2.75) is 57.3 Å². The maximum Gasteiger partial charge on any atom is 0.514 e. The van der Waals surface area contributed by atoms with Crippen LogP contribution in [0.4, 0.5) is 0 Å². The average molecular weight is 277 g/mol. The Morgan fingerprint density at radius 3 is 2.20 bits per heavy atom. The van der Waals surface area contributed by atoms with E-state index in [4.69, 9.17) is 9.31 Å². The number of aromatic hydroxyl groups is 1. The molecule has 0 atom stereocenters. The molecule has 0 unspecified atom stereocenters. The van der Waals surface area contributed by atoms with Crippen molar-refractivity contribution in [1.82, 2.24) is 4.98 Å². The Bertz CT molecular complexity index is 538. The monoisotopic (exact) mass is 277 g/mol. The largest absolute Gasteiger partial charge is 0.514 e. The van der Waals surface area contributed by atoms with Crippen LogP contribution < -0.4 is 5.59 Å². The number of rotatable bonds is 2. The second kappa shape index (κ2) is 3.96. The Morgan fingerprint density at radius 1 is 1.15 bits per heavy atom. The fourth-order valence-corrected chi connectivity index (χ4v) is 2.37. The van der Waals surface area contributed by atoms with Gasteiger partial charge in [0.05, 0.1) is 28.6 Å². The molecule has 1 aliphatic heterocycles. The van der Waals surface area contributed by atoms with Crippen LogP contribution in [0.25, 0.3) is 0 Å². The van der Waals surface area contributed by atoms with E-state index >= 15 is 0 Å². The van der Waals surface area contributed by atoms with Crippen LogP contribution >= 0.6 is 0 Å². The summed E-state index contributed by atoms with van der Waals surface area (Å²) in [6.07, 6.45) is 2.70. The lowest BCUT2D eigenvalue weighted by atomic mass is 9.79. The summed E-state index contributed by atoms with van der Waals surface area (Å²) < 4.78 is 12.0. The Kier molecular flexibility index (Phi) is 2.75. The fourth-order valence-electron chi connectivity index (χ4n) is 2.37. The molecule has 0 radical (unpaired) electrons. The van der Waals surface area contributed by atoms with Crippen LogP contribution in [-0.4, -0.2) is 33.5 Å². The molecule has 20 heavy (non-hydrogen) atoms. The van der Waals surface area contributed by atoms with Crippen molar-refractivity contribution in [3.63, 3.8) is 0 Å². The van der Waals surface area contributed by atoms with Crippen LogP contribution in [0.3, 0.4) is 0 Å². The van der Waals surface area contributed by atoms with Gasteiger partial charge in [-0.2, -0.15) is 0 Å². The summed E-state index contributed by atoms with van der Waals surface area (Å²) in [6, 6.07) is 1.56. The van der Waals surface area contributed by atoms with E-state index in [9.17, 15) is 10.2 Å². The van der Waals surface area contributed by atoms with Crippen molar-refractivity contribution in [3.8, 4) is 5.75 Å². The first kappa shape index (κ1) is 13.9. The first-order chi connectivity index (χ1) is 9.15. The highest BCUT2D eigenvalue weighted by atomic mass is 16.7. The molecule has 1 saturated heterocycles. The molecule has 5 nitrogen and oxygen atoms in total. The Labute approximate surface area is 119 Å². The molecule has 0 spiro atoms. The topological polar surface area (TPSA) is 71.8 Å². The Morgan fingerprint density at radius 2 is 1.70 bits per heavy atom. The molecule has 0 bridgehead atoms. The second-order valence-corrected chi connectivity index (χ2v) is 6.75. The minimum Gasteiger partial charge on any atom is -0.506 e. The van der Waals surface area contributed by atoms with E-state index in [1.807, 2.05) is 27.7 Å². The highest BCUT2D eigenvalue weighted by Gasteiger charge is 2.55. The van der Waals surface area contributed by atoms with Crippen LogP contribution in [-0.2, 0) is 14.9 Å². The molecule has 2 fully saturated rings. The summed E-state index contributed by atoms with van der Waals surface area (Å²) in [7, 11) is -0.625. The van der Waals surface area contributed by atoms with E-state index < -0.39 is 23.9 Å². The molecule has 2 heterocycles. The first-order valence-corrected chi connectivity index (χ1v) is 6.92. The van der Waals surface area contributed by atoms with Gasteiger partial charge in [-0.3, -0.25) is 4.98 Å². The lowest BCUT2D eigenvalue weighted by Crippen LogP contribution is -2.41. The van der Waals surface area contributed by atoms with E-state index in [1.165, 1.54) is 6.20 Å². The van der Waals surface area contributed by atoms with Crippen LogP contribution in [0, 0.1) is 0 Å². The molecule has 1 aliphatic carbocycles. The third-order valence-electron chi connectivity index (χ3n) is 4.61. The molecule has 1 saturated carbocycles. The summed E-state index contributed by atoms with van der Waals surface area (Å²) in [4.78, 5) is 4.24. The summed E-state index contributed by atoms with van der Waals surface area (Å²) in [5.74, 6) is 0.0422. The van der Waals surface area contributed by atoms with E-state index in [2.05, 4.69) is 4.98 Å². The zero-order valence-corrected chi connectivity index (χ0v) is 12.3. The lowest BCUT2D eigenvalue weighted by Gasteiger charge is -2.32. The van der Waals surface area contributed by atoms with Gasteiger partial charge in [0.15, 0.2) is 0 Å². The van der Waals surface area contributed by atoms with E-state index in [0.717, 1.165) is 0 Å². The normalized spacial score (nSPS) is 25.8. The number of aliphatic hydroxyl groups is 1. The van der Waals surface area contributed by atoms with Gasteiger partial charge in [0.25, 0.3) is 0 Å². The lowest BCUT2D eigenvalue weighted by molar-refractivity contribution is 0.00578. The van der Waals surface area contributed by atoms with Crippen LogP contribution in [0.15, 0.2) is 12.3 Å². The van der Waals surface area contributed by atoms with Crippen LogP contribution in [0.1, 0.15) is 46.1 Å². The van der Waals surface area contributed by atoms with Gasteiger partial charge in [-0.25, -0.2) is 0 Å². The fraction of sp³-hybridized carbons (Fsp3) is 0.643. The minimum absolute atomic E-state index is 0.0422. The molecule has 1 aromatic heterocycles. The third-order valence-corrected chi connectivity index (χ3v) is 4.61. The van der Waals surface area contributed by atoms with Crippen molar-refractivity contribution in [3.05, 3.63) is 17.8 Å². The Balaban J connectivity index is 2.00. The van der Waals surface area contributed by atoms with Gasteiger partial charge in [0, 0.05) is 5.56 Å². The molecule has 2 N–H and O–H groups in total. The third kappa shape index (κ3) is 2.03. The van der Waals surface area contributed by atoms with Gasteiger partial charge in [0.1, 0.15) is 5.75 Å². The van der Waals surface area contributed by atoms with Crippen LogP contribution in [0.2, 0.25) is 0 Å². The molecule has 2 aliphatic rings. The number of nitrogens with zero attached hydrogens (tertiary/aromatic N) is 1. The number of hydrogen-bond donors (Lipinski definition) is 2. The Hall–Kier alpha value is -1.11. The van der Waals surface area contributed by atoms with Gasteiger partial charge in [0.2, 0.25) is 0 Å². The molecule has 3 rings (SSSR count). The second-order valence-electron chi connectivity index (χ2n) is 6.75. The SMILES string of the molecule is CC1(C)OB(c2ncc(O)cc2C2(O)CC2)OC1(C)C. The van der Waals surface area contributed by atoms with Crippen LogP contribution in [0.5, 0.6) is 5.75 Å². The van der Waals surface area contributed by atoms with Crippen molar-refractivity contribution in [1.29, 1.82) is 0 Å². The smallest absolute Gasteiger partial charge is 0.506 e. The molecular weight excluding hydrogens is 257 g/mol. The highest BCUT2D eigenvalue weighted by molar-refractivity contribution is 6.61. The van der Waals surface area contributed by atoms with Crippen molar-refractivity contribution < 1.29 is 19.5 Å². The first-order valence-electron chi connectivity index (χ1n) is 6.92. The molecule has 1 aromatic rings. The van der Waals surface area contributed by atoms with Crippen molar-refractivity contribution in [2.75, 3.05) is 0 Å². The van der Waals surface area contributed by atoms with Gasteiger partial charge >= 0.3 is 7.12 Å². The predicted molar refractivity (Wildman–Crippen MR) is 74.7 cm³/mol. The highest BCUT2D eigenvalue weighted by Crippen LogP contribution is 2.46. The zero-order chi connectivity index (χ0) is 14.8. The molecule has 0 amide bonds. The molecule has 0 aromatic carbocycles. The maximum atomic E-state index is 10.4. The standard InChI is InChI=1S/C14H20BNO4/c1-12(2)13(3,4)20-15(19-12)11-10(14(18)5-6-14)7-9(17)8-16-11/h7-8,17-18H,5-6H2,1-4H3. The van der Waals surface area contributed by atoms with E-state index in [-0.39, 0.29) is 5.75 Å². The molecular formula is C14H20BNO4. The summed E-state index contributed by atoms with van der Waals surface area (Å²) in [5, 5.41) is 20.0. The van der Waals surface area contributed by atoms with Gasteiger partial charge < -0.3 is 19.5 Å². The summed E-state index contributed by atoms with van der Waals surface area (Å²) in [6.45, 7) is 7.88. The van der Waals surface area contributed by atoms with Gasteiger partial charge in [-0.05, 0) is 46.6 Å². The molecule has 6 heteroatoms. The summed E-state index contributed by atoms with van der Waals surface area (Å²) in [5.41, 5.74) is -0.649.